The molecule has 3 heteroatoms. The lowest BCUT2D eigenvalue weighted by Gasteiger charge is -2.23. The van der Waals surface area contributed by atoms with Crippen LogP contribution in [0.25, 0.3) is 0 Å². The first-order valence-corrected chi connectivity index (χ1v) is 5.68. The number of aliphatic hydroxyl groups excluding tert-OH is 2. The van der Waals surface area contributed by atoms with E-state index in [2.05, 4.69) is 0 Å². The number of rotatable bonds is 6. The highest BCUT2D eigenvalue weighted by atomic mass is 16.5. The molecule has 0 bridgehead atoms. The van der Waals surface area contributed by atoms with E-state index >= 15 is 0 Å². The van der Waals surface area contributed by atoms with Crippen molar-refractivity contribution in [1.29, 1.82) is 0 Å². The van der Waals surface area contributed by atoms with Crippen LogP contribution in [-0.2, 0) is 11.3 Å². The van der Waals surface area contributed by atoms with Gasteiger partial charge in [0.2, 0.25) is 0 Å². The lowest BCUT2D eigenvalue weighted by Crippen LogP contribution is -2.31. The summed E-state index contributed by atoms with van der Waals surface area (Å²) >= 11 is 0. The minimum absolute atomic E-state index is 0.0204. The highest BCUT2D eigenvalue weighted by Gasteiger charge is 2.49. The molecule has 0 spiro atoms. The van der Waals surface area contributed by atoms with E-state index in [9.17, 15) is 10.2 Å². The van der Waals surface area contributed by atoms with E-state index < -0.39 is 0 Å². The van der Waals surface area contributed by atoms with Crippen molar-refractivity contribution in [3.63, 3.8) is 0 Å². The molecule has 0 aliphatic heterocycles. The Morgan fingerprint density at radius 1 is 1.19 bits per heavy atom. The second-order valence-corrected chi connectivity index (χ2v) is 4.49. The highest BCUT2D eigenvalue weighted by molar-refractivity contribution is 5.13. The van der Waals surface area contributed by atoms with Crippen LogP contribution < -0.4 is 0 Å². The molecule has 88 valence electrons. The van der Waals surface area contributed by atoms with Crippen LogP contribution in [-0.4, -0.2) is 29.5 Å². The molecular formula is C13H18O3. The summed E-state index contributed by atoms with van der Waals surface area (Å²) in [5.41, 5.74) is 0.915. The Labute approximate surface area is 95.7 Å². The van der Waals surface area contributed by atoms with Gasteiger partial charge in [0.1, 0.15) is 0 Å². The normalized spacial score (nSPS) is 19.4. The van der Waals surface area contributed by atoms with E-state index in [1.807, 2.05) is 30.3 Å². The van der Waals surface area contributed by atoms with E-state index in [4.69, 9.17) is 4.74 Å². The van der Waals surface area contributed by atoms with Gasteiger partial charge >= 0.3 is 0 Å². The summed E-state index contributed by atoms with van der Waals surface area (Å²) in [5, 5.41) is 18.5. The molecule has 1 aliphatic rings. The van der Waals surface area contributed by atoms with Crippen LogP contribution >= 0.6 is 0 Å². The van der Waals surface area contributed by atoms with Crippen molar-refractivity contribution >= 4 is 0 Å². The molecule has 0 saturated heterocycles. The summed E-state index contributed by atoms with van der Waals surface area (Å²) in [7, 11) is 0. The summed E-state index contributed by atoms with van der Waals surface area (Å²) in [6.07, 6.45) is 1.66. The smallest absolute Gasteiger partial charge is 0.0888 e. The van der Waals surface area contributed by atoms with Crippen molar-refractivity contribution in [3.8, 4) is 0 Å². The molecule has 1 atom stereocenters. The van der Waals surface area contributed by atoms with Gasteiger partial charge in [0.15, 0.2) is 0 Å². The third-order valence-electron chi connectivity index (χ3n) is 3.35. The zero-order valence-electron chi connectivity index (χ0n) is 9.30. The zero-order valence-corrected chi connectivity index (χ0v) is 9.30. The number of hydrogen-bond donors (Lipinski definition) is 2. The van der Waals surface area contributed by atoms with Gasteiger partial charge in [0.25, 0.3) is 0 Å². The van der Waals surface area contributed by atoms with E-state index in [-0.39, 0.29) is 24.7 Å². The monoisotopic (exact) mass is 222 g/mol. The van der Waals surface area contributed by atoms with E-state index in [0.29, 0.717) is 6.61 Å². The van der Waals surface area contributed by atoms with Crippen LogP contribution in [0.15, 0.2) is 30.3 Å². The van der Waals surface area contributed by atoms with Crippen LogP contribution in [0.1, 0.15) is 18.4 Å². The Morgan fingerprint density at radius 3 is 2.38 bits per heavy atom. The van der Waals surface area contributed by atoms with Gasteiger partial charge < -0.3 is 14.9 Å². The quantitative estimate of drug-likeness (QED) is 0.763. The maximum absolute atomic E-state index is 9.27. The highest BCUT2D eigenvalue weighted by Crippen LogP contribution is 2.49. The van der Waals surface area contributed by atoms with Gasteiger partial charge in [-0.05, 0) is 18.4 Å². The number of aliphatic hydroxyl groups is 2. The third kappa shape index (κ3) is 2.43. The standard InChI is InChI=1S/C13H18O3/c14-8-12(13(10-15)6-7-13)16-9-11-4-2-1-3-5-11/h1-5,12,14-15H,6-10H2. The molecule has 2 N–H and O–H groups in total. The number of hydrogen-bond acceptors (Lipinski definition) is 3. The largest absolute Gasteiger partial charge is 0.396 e. The van der Waals surface area contributed by atoms with Crippen molar-refractivity contribution in [2.45, 2.75) is 25.6 Å². The first-order chi connectivity index (χ1) is 7.80. The SMILES string of the molecule is OCC(OCc1ccccc1)C1(CO)CC1. The van der Waals surface area contributed by atoms with Crippen LogP contribution in [0.4, 0.5) is 0 Å². The molecule has 16 heavy (non-hydrogen) atoms. The summed E-state index contributed by atoms with van der Waals surface area (Å²) < 4.78 is 5.69. The van der Waals surface area contributed by atoms with Gasteiger partial charge in [-0.15, -0.1) is 0 Å². The van der Waals surface area contributed by atoms with Crippen molar-refractivity contribution in [3.05, 3.63) is 35.9 Å². The van der Waals surface area contributed by atoms with E-state index in [1.165, 1.54) is 0 Å². The zero-order chi connectivity index (χ0) is 11.4. The van der Waals surface area contributed by atoms with Crippen LogP contribution in [0.5, 0.6) is 0 Å². The molecule has 1 aromatic carbocycles. The number of ether oxygens (including phenoxy) is 1. The maximum atomic E-state index is 9.27. The molecule has 0 aromatic heterocycles. The van der Waals surface area contributed by atoms with Gasteiger partial charge in [0, 0.05) is 5.41 Å². The molecule has 1 aliphatic carbocycles. The molecule has 1 aromatic rings. The molecule has 3 nitrogen and oxygen atoms in total. The second-order valence-electron chi connectivity index (χ2n) is 4.49. The average Bonchev–Trinajstić information content (AvgIpc) is 3.12. The fraction of sp³-hybridized carbons (Fsp3) is 0.538. The molecular weight excluding hydrogens is 204 g/mol. The minimum atomic E-state index is -0.238. The lowest BCUT2D eigenvalue weighted by molar-refractivity contribution is -0.0567. The Balaban J connectivity index is 1.89. The minimum Gasteiger partial charge on any atom is -0.396 e. The van der Waals surface area contributed by atoms with Gasteiger partial charge in [-0.3, -0.25) is 0 Å². The summed E-state index contributed by atoms with van der Waals surface area (Å²) in [6, 6.07) is 9.88. The summed E-state index contributed by atoms with van der Waals surface area (Å²) in [4.78, 5) is 0. The van der Waals surface area contributed by atoms with Gasteiger partial charge in [-0.2, -0.15) is 0 Å². The molecule has 2 rings (SSSR count). The molecule has 1 fully saturated rings. The predicted octanol–water partition coefficient (Wildman–Crippen LogP) is 1.34. The van der Waals surface area contributed by atoms with E-state index in [1.54, 1.807) is 0 Å². The Kier molecular flexibility index (Phi) is 3.59. The van der Waals surface area contributed by atoms with Gasteiger partial charge in [-0.1, -0.05) is 30.3 Å². The fourth-order valence-corrected chi connectivity index (χ4v) is 1.94. The molecule has 0 amide bonds. The summed E-state index contributed by atoms with van der Waals surface area (Å²) in [6.45, 7) is 0.578. The topological polar surface area (TPSA) is 49.7 Å². The Hall–Kier alpha value is -0.900. The molecule has 0 heterocycles. The predicted molar refractivity (Wildman–Crippen MR) is 60.9 cm³/mol. The Morgan fingerprint density at radius 2 is 1.88 bits per heavy atom. The fourth-order valence-electron chi connectivity index (χ4n) is 1.94. The van der Waals surface area contributed by atoms with Crippen LogP contribution in [0.3, 0.4) is 0 Å². The van der Waals surface area contributed by atoms with Crippen LogP contribution in [0.2, 0.25) is 0 Å². The van der Waals surface area contributed by atoms with Crippen molar-refractivity contribution < 1.29 is 14.9 Å². The molecule has 0 radical (unpaired) electrons. The van der Waals surface area contributed by atoms with Gasteiger partial charge in [-0.25, -0.2) is 0 Å². The molecule has 1 saturated carbocycles. The van der Waals surface area contributed by atoms with Gasteiger partial charge in [0.05, 0.1) is 25.9 Å². The Bertz CT molecular complexity index is 319. The number of benzene rings is 1. The maximum Gasteiger partial charge on any atom is 0.0888 e. The third-order valence-corrected chi connectivity index (χ3v) is 3.35. The molecule has 1 unspecified atom stereocenters. The van der Waals surface area contributed by atoms with E-state index in [0.717, 1.165) is 18.4 Å². The van der Waals surface area contributed by atoms with Crippen molar-refractivity contribution in [2.75, 3.05) is 13.2 Å². The first kappa shape index (κ1) is 11.6. The summed E-state index contributed by atoms with van der Waals surface area (Å²) in [5.74, 6) is 0. The van der Waals surface area contributed by atoms with Crippen LogP contribution in [0, 0.1) is 5.41 Å². The lowest BCUT2D eigenvalue weighted by atomic mass is 10.0. The first-order valence-electron chi connectivity index (χ1n) is 5.68. The van der Waals surface area contributed by atoms with Crippen molar-refractivity contribution in [2.24, 2.45) is 5.41 Å². The second kappa shape index (κ2) is 4.95. The van der Waals surface area contributed by atoms with Crippen molar-refractivity contribution in [1.82, 2.24) is 0 Å². The average molecular weight is 222 g/mol.